The topological polar surface area (TPSA) is 68.8 Å². The molecule has 0 radical (unpaired) electrons. The Morgan fingerprint density at radius 3 is 2.56 bits per heavy atom. The van der Waals surface area contributed by atoms with Crippen molar-refractivity contribution in [3.63, 3.8) is 0 Å². The molecule has 0 N–H and O–H groups in total. The summed E-state index contributed by atoms with van der Waals surface area (Å²) >= 11 is 0. The van der Waals surface area contributed by atoms with Gasteiger partial charge in [0.2, 0.25) is 5.91 Å². The molecule has 136 valence electrons. The van der Waals surface area contributed by atoms with E-state index in [-0.39, 0.29) is 11.8 Å². The van der Waals surface area contributed by atoms with E-state index < -0.39 is 0 Å². The third-order valence-electron chi connectivity index (χ3n) is 5.53. The van der Waals surface area contributed by atoms with E-state index in [4.69, 9.17) is 0 Å². The highest BCUT2D eigenvalue weighted by Crippen LogP contribution is 2.30. The Labute approximate surface area is 149 Å². The monoisotopic (exact) mass is 344 g/mol. The molecular formula is C18H28N6O. The van der Waals surface area contributed by atoms with E-state index >= 15 is 0 Å². The van der Waals surface area contributed by atoms with Crippen LogP contribution in [0, 0.1) is 13.8 Å². The van der Waals surface area contributed by atoms with E-state index in [0.717, 1.165) is 55.3 Å². The first-order chi connectivity index (χ1) is 11.9. The van der Waals surface area contributed by atoms with E-state index in [1.54, 1.807) is 6.33 Å². The molecule has 0 bridgehead atoms. The molecule has 2 aromatic rings. The summed E-state index contributed by atoms with van der Waals surface area (Å²) in [5.74, 6) is 1.50. The molecule has 2 aromatic heterocycles. The highest BCUT2D eigenvalue weighted by Gasteiger charge is 2.31. The van der Waals surface area contributed by atoms with Gasteiger partial charge in [0.15, 0.2) is 0 Å². The maximum Gasteiger partial charge on any atom is 0.229 e. The molecule has 1 fully saturated rings. The van der Waals surface area contributed by atoms with Gasteiger partial charge in [-0.25, -0.2) is 0 Å². The third-order valence-corrected chi connectivity index (χ3v) is 5.53. The lowest BCUT2D eigenvalue weighted by Gasteiger charge is -2.33. The summed E-state index contributed by atoms with van der Waals surface area (Å²) in [5, 5.41) is 12.8. The Balaban J connectivity index is 1.67. The molecule has 1 saturated heterocycles. The maximum atomic E-state index is 13.0. The van der Waals surface area contributed by atoms with Crippen LogP contribution in [-0.4, -0.2) is 48.4 Å². The summed E-state index contributed by atoms with van der Waals surface area (Å²) in [4.78, 5) is 15.0. The number of carbonyl (C=O) groups is 1. The fraction of sp³-hybridized carbons (Fsp3) is 0.667. The predicted octanol–water partition coefficient (Wildman–Crippen LogP) is 2.16. The predicted molar refractivity (Wildman–Crippen MR) is 95.3 cm³/mol. The number of carbonyl (C=O) groups excluding carboxylic acids is 1. The molecule has 7 heteroatoms. The lowest BCUT2D eigenvalue weighted by molar-refractivity contribution is -0.133. The van der Waals surface area contributed by atoms with E-state index in [9.17, 15) is 4.79 Å². The molecule has 1 unspecified atom stereocenters. The van der Waals surface area contributed by atoms with Gasteiger partial charge in [-0.1, -0.05) is 0 Å². The minimum Gasteiger partial charge on any atom is -0.342 e. The molecule has 7 nitrogen and oxygen atoms in total. The van der Waals surface area contributed by atoms with E-state index in [1.165, 1.54) is 0 Å². The van der Waals surface area contributed by atoms with Crippen LogP contribution in [-0.2, 0) is 18.4 Å². The van der Waals surface area contributed by atoms with Crippen LogP contribution in [0.4, 0.5) is 0 Å². The first kappa shape index (κ1) is 17.6. The fourth-order valence-corrected chi connectivity index (χ4v) is 4.00. The van der Waals surface area contributed by atoms with Gasteiger partial charge in [0.25, 0.3) is 0 Å². The summed E-state index contributed by atoms with van der Waals surface area (Å²) in [5.41, 5.74) is 3.09. The lowest BCUT2D eigenvalue weighted by Crippen LogP contribution is -2.40. The molecule has 1 amide bonds. The molecule has 1 atom stereocenters. The van der Waals surface area contributed by atoms with Crippen LogP contribution in [0.25, 0.3) is 0 Å². The molecule has 0 aliphatic carbocycles. The number of aromatic nitrogens is 5. The first-order valence-corrected chi connectivity index (χ1v) is 9.10. The minimum atomic E-state index is -0.149. The van der Waals surface area contributed by atoms with Gasteiger partial charge in [0.05, 0.1) is 11.6 Å². The van der Waals surface area contributed by atoms with E-state index in [1.807, 2.05) is 37.4 Å². The van der Waals surface area contributed by atoms with Crippen molar-refractivity contribution < 1.29 is 4.79 Å². The second-order valence-corrected chi connectivity index (χ2v) is 7.00. The number of hydrogen-bond donors (Lipinski definition) is 0. The molecule has 3 heterocycles. The zero-order chi connectivity index (χ0) is 18.1. The van der Waals surface area contributed by atoms with Crippen LogP contribution in [0.1, 0.15) is 61.3 Å². The SMILES string of the molecule is CCn1cnnc1C1CCN(C(=O)C(C)c2c(C)nn(C)c2C)CC1. The molecule has 3 rings (SSSR count). The summed E-state index contributed by atoms with van der Waals surface area (Å²) in [6.07, 6.45) is 3.69. The molecule has 0 spiro atoms. The molecule has 0 aromatic carbocycles. The average Bonchev–Trinajstić information content (AvgIpc) is 3.18. The van der Waals surface area contributed by atoms with Crippen LogP contribution >= 0.6 is 0 Å². The Bertz CT molecular complexity index is 754. The van der Waals surface area contributed by atoms with Gasteiger partial charge in [0.1, 0.15) is 12.2 Å². The van der Waals surface area contributed by atoms with Crippen molar-refractivity contribution in [1.82, 2.24) is 29.4 Å². The van der Waals surface area contributed by atoms with Gasteiger partial charge < -0.3 is 9.47 Å². The number of piperidine rings is 1. The quantitative estimate of drug-likeness (QED) is 0.852. The average molecular weight is 344 g/mol. The van der Waals surface area contributed by atoms with Crippen molar-refractivity contribution in [2.24, 2.45) is 7.05 Å². The first-order valence-electron chi connectivity index (χ1n) is 9.10. The summed E-state index contributed by atoms with van der Waals surface area (Å²) in [6, 6.07) is 0. The molecular weight excluding hydrogens is 316 g/mol. The van der Waals surface area contributed by atoms with Gasteiger partial charge in [-0.2, -0.15) is 5.10 Å². The van der Waals surface area contributed by atoms with Gasteiger partial charge in [-0.05, 0) is 40.5 Å². The smallest absolute Gasteiger partial charge is 0.229 e. The summed E-state index contributed by atoms with van der Waals surface area (Å²) < 4.78 is 3.96. The third kappa shape index (κ3) is 3.19. The second-order valence-electron chi connectivity index (χ2n) is 7.00. The standard InChI is InChI=1S/C18H28N6O/c1-6-23-11-19-20-17(23)15-7-9-24(10-8-15)18(25)12(2)16-13(3)21-22(5)14(16)4/h11-12,15H,6-10H2,1-5H3. The van der Waals surface area contributed by atoms with Gasteiger partial charge >= 0.3 is 0 Å². The molecule has 1 aliphatic rings. The lowest BCUT2D eigenvalue weighted by atomic mass is 9.93. The second kappa shape index (κ2) is 6.98. The minimum absolute atomic E-state index is 0.149. The molecule has 25 heavy (non-hydrogen) atoms. The van der Waals surface area contributed by atoms with Crippen LogP contribution in [0.2, 0.25) is 0 Å². The van der Waals surface area contributed by atoms with Crippen LogP contribution in [0.15, 0.2) is 6.33 Å². The van der Waals surface area contributed by atoms with Crippen LogP contribution in [0.3, 0.4) is 0 Å². The van der Waals surface area contributed by atoms with Crippen molar-refractivity contribution in [3.8, 4) is 0 Å². The maximum absolute atomic E-state index is 13.0. The highest BCUT2D eigenvalue weighted by atomic mass is 16.2. The van der Waals surface area contributed by atoms with Crippen molar-refractivity contribution in [2.45, 2.75) is 58.9 Å². The van der Waals surface area contributed by atoms with Crippen molar-refractivity contribution in [1.29, 1.82) is 0 Å². The Morgan fingerprint density at radius 1 is 1.32 bits per heavy atom. The summed E-state index contributed by atoms with van der Waals surface area (Å²) in [7, 11) is 1.93. The highest BCUT2D eigenvalue weighted by molar-refractivity contribution is 5.84. The van der Waals surface area contributed by atoms with Gasteiger partial charge in [-0.3, -0.25) is 9.48 Å². The van der Waals surface area contributed by atoms with Crippen molar-refractivity contribution in [2.75, 3.05) is 13.1 Å². The fourth-order valence-electron chi connectivity index (χ4n) is 4.00. The molecule has 1 aliphatic heterocycles. The van der Waals surface area contributed by atoms with Crippen LogP contribution < -0.4 is 0 Å². The molecule has 0 saturated carbocycles. The largest absolute Gasteiger partial charge is 0.342 e. The Kier molecular flexibility index (Phi) is 4.92. The number of hydrogen-bond acceptors (Lipinski definition) is 4. The normalized spacial score (nSPS) is 17.1. The van der Waals surface area contributed by atoms with Crippen LogP contribution in [0.5, 0.6) is 0 Å². The number of rotatable bonds is 4. The van der Waals surface area contributed by atoms with Crippen molar-refractivity contribution in [3.05, 3.63) is 29.1 Å². The number of aryl methyl sites for hydroxylation is 3. The van der Waals surface area contributed by atoms with E-state index in [0.29, 0.717) is 5.92 Å². The summed E-state index contributed by atoms with van der Waals surface area (Å²) in [6.45, 7) is 10.6. The van der Waals surface area contributed by atoms with E-state index in [2.05, 4.69) is 26.8 Å². The Morgan fingerprint density at radius 2 is 2.00 bits per heavy atom. The van der Waals surface area contributed by atoms with Crippen molar-refractivity contribution >= 4 is 5.91 Å². The van der Waals surface area contributed by atoms with Gasteiger partial charge in [-0.15, -0.1) is 10.2 Å². The van der Waals surface area contributed by atoms with Gasteiger partial charge in [0, 0.05) is 43.9 Å². The Hall–Kier alpha value is -2.18. The zero-order valence-electron chi connectivity index (χ0n) is 15.9. The number of amides is 1. The number of nitrogens with zero attached hydrogens (tertiary/aromatic N) is 6. The zero-order valence-corrected chi connectivity index (χ0v) is 15.9. The number of likely N-dealkylation sites (tertiary alicyclic amines) is 1.